The molecule has 2 aliphatic rings. The number of hydrogen-bond donors (Lipinski definition) is 2. The first kappa shape index (κ1) is 15.0. The third kappa shape index (κ3) is 3.65. The number of hydrogen-bond acceptors (Lipinski definition) is 4. The summed E-state index contributed by atoms with van der Waals surface area (Å²) in [6, 6.07) is 4.35. The molecule has 3 rings (SSSR count). The Morgan fingerprint density at radius 3 is 2.86 bits per heavy atom. The van der Waals surface area contributed by atoms with Gasteiger partial charge in [0.05, 0.1) is 11.6 Å². The molecule has 1 amide bonds. The number of rotatable bonds is 6. The van der Waals surface area contributed by atoms with E-state index in [1.807, 2.05) is 6.92 Å². The van der Waals surface area contributed by atoms with E-state index in [1.54, 1.807) is 11.3 Å². The minimum atomic E-state index is -0.164. The molecule has 2 N–H and O–H groups in total. The van der Waals surface area contributed by atoms with Crippen molar-refractivity contribution in [2.75, 3.05) is 19.7 Å². The first-order chi connectivity index (χ1) is 10.2. The number of carbonyl (C=O) groups excluding carboxylic acids is 1. The van der Waals surface area contributed by atoms with Crippen molar-refractivity contribution in [2.24, 2.45) is 5.92 Å². The molecule has 1 saturated carbocycles. The minimum absolute atomic E-state index is 0.00780. The maximum atomic E-state index is 12.2. The van der Waals surface area contributed by atoms with Gasteiger partial charge in [0.15, 0.2) is 0 Å². The van der Waals surface area contributed by atoms with Crippen molar-refractivity contribution < 1.29 is 9.53 Å². The molecular weight excluding hydrogens is 284 g/mol. The smallest absolute Gasteiger partial charge is 0.246 e. The summed E-state index contributed by atoms with van der Waals surface area (Å²) >= 11 is 1.73. The lowest BCUT2D eigenvalue weighted by molar-refractivity contribution is -0.136. The molecule has 2 heterocycles. The zero-order chi connectivity index (χ0) is 14.7. The van der Waals surface area contributed by atoms with Crippen molar-refractivity contribution in [2.45, 2.75) is 44.2 Å². The largest absolute Gasteiger partial charge is 0.363 e. The fraction of sp³-hybridized carbons (Fsp3) is 0.688. The first-order valence-electron chi connectivity index (χ1n) is 7.84. The Bertz CT molecular complexity index is 465. The molecule has 116 valence electrons. The molecule has 0 bridgehead atoms. The fourth-order valence-corrected chi connectivity index (χ4v) is 4.08. The fourth-order valence-electron chi connectivity index (χ4n) is 3.21. The van der Waals surface area contributed by atoms with E-state index in [0.29, 0.717) is 5.92 Å². The summed E-state index contributed by atoms with van der Waals surface area (Å²) in [7, 11) is 0. The van der Waals surface area contributed by atoms with Crippen molar-refractivity contribution in [3.8, 4) is 0 Å². The molecule has 1 aliphatic heterocycles. The van der Waals surface area contributed by atoms with Crippen molar-refractivity contribution in [3.05, 3.63) is 22.4 Å². The number of amides is 1. The summed E-state index contributed by atoms with van der Waals surface area (Å²) in [5.74, 6) is 0.585. The molecule has 0 radical (unpaired) electrons. The zero-order valence-electron chi connectivity index (χ0n) is 12.6. The van der Waals surface area contributed by atoms with Crippen LogP contribution in [0.5, 0.6) is 0 Å². The molecule has 1 aromatic heterocycles. The van der Waals surface area contributed by atoms with Crippen LogP contribution in [0.25, 0.3) is 0 Å². The monoisotopic (exact) mass is 308 g/mol. The third-order valence-corrected chi connectivity index (χ3v) is 5.54. The highest BCUT2D eigenvalue weighted by Gasteiger charge is 2.34. The van der Waals surface area contributed by atoms with Crippen LogP contribution in [0.15, 0.2) is 17.5 Å². The summed E-state index contributed by atoms with van der Waals surface area (Å²) in [5, 5.41) is 8.47. The molecule has 1 aliphatic carbocycles. The lowest BCUT2D eigenvalue weighted by atomic mass is 9.96. The maximum absolute atomic E-state index is 12.2. The Morgan fingerprint density at radius 1 is 1.52 bits per heavy atom. The van der Waals surface area contributed by atoms with E-state index in [-0.39, 0.29) is 24.2 Å². The van der Waals surface area contributed by atoms with Crippen LogP contribution in [0.3, 0.4) is 0 Å². The predicted octanol–water partition coefficient (Wildman–Crippen LogP) is 2.47. The van der Waals surface area contributed by atoms with Gasteiger partial charge in [-0.1, -0.05) is 18.9 Å². The second-order valence-electron chi connectivity index (χ2n) is 6.45. The molecule has 21 heavy (non-hydrogen) atoms. The molecule has 1 unspecified atom stereocenters. The highest BCUT2D eigenvalue weighted by Crippen LogP contribution is 2.37. The maximum Gasteiger partial charge on any atom is 0.246 e. The number of thiophene rings is 1. The normalized spacial score (nSPS) is 22.7. The van der Waals surface area contributed by atoms with Crippen LogP contribution in [0.2, 0.25) is 0 Å². The Hall–Kier alpha value is -0.910. The van der Waals surface area contributed by atoms with Gasteiger partial charge in [0.2, 0.25) is 5.91 Å². The Kier molecular flexibility index (Phi) is 4.62. The van der Waals surface area contributed by atoms with Crippen molar-refractivity contribution in [3.63, 3.8) is 0 Å². The molecule has 0 spiro atoms. The molecular formula is C16H24N2O2S. The third-order valence-electron chi connectivity index (χ3n) is 4.59. The highest BCUT2D eigenvalue weighted by molar-refractivity contribution is 7.10. The van der Waals surface area contributed by atoms with Gasteiger partial charge in [-0.15, -0.1) is 11.3 Å². The van der Waals surface area contributed by atoms with E-state index in [4.69, 9.17) is 4.74 Å². The average molecular weight is 308 g/mol. The van der Waals surface area contributed by atoms with Gasteiger partial charge >= 0.3 is 0 Å². The second-order valence-corrected chi connectivity index (χ2v) is 7.43. The van der Waals surface area contributed by atoms with Gasteiger partial charge < -0.3 is 15.4 Å². The van der Waals surface area contributed by atoms with E-state index < -0.39 is 0 Å². The Morgan fingerprint density at radius 2 is 2.29 bits per heavy atom. The topological polar surface area (TPSA) is 50.4 Å². The number of ether oxygens (including phenoxy) is 1. The van der Waals surface area contributed by atoms with Crippen LogP contribution >= 0.6 is 11.3 Å². The van der Waals surface area contributed by atoms with Crippen LogP contribution < -0.4 is 10.6 Å². The quantitative estimate of drug-likeness (QED) is 0.849. The van der Waals surface area contributed by atoms with Crippen LogP contribution in [0.4, 0.5) is 0 Å². The van der Waals surface area contributed by atoms with Gasteiger partial charge in [0.25, 0.3) is 0 Å². The SMILES string of the molecule is CC1(OCC(=O)NC(c2cccs2)C2CCCC2)CNC1. The van der Waals surface area contributed by atoms with E-state index >= 15 is 0 Å². The van der Waals surface area contributed by atoms with Crippen LogP contribution in [0.1, 0.15) is 43.5 Å². The van der Waals surface area contributed by atoms with Gasteiger partial charge in [-0.25, -0.2) is 0 Å². The van der Waals surface area contributed by atoms with E-state index in [9.17, 15) is 4.79 Å². The van der Waals surface area contributed by atoms with E-state index in [0.717, 1.165) is 13.1 Å². The molecule has 1 saturated heterocycles. The van der Waals surface area contributed by atoms with Crippen molar-refractivity contribution >= 4 is 17.2 Å². The predicted molar refractivity (Wildman–Crippen MR) is 84.4 cm³/mol. The minimum Gasteiger partial charge on any atom is -0.363 e. The molecule has 1 aromatic rings. The first-order valence-corrected chi connectivity index (χ1v) is 8.72. The standard InChI is InChI=1S/C16H24N2O2S/c1-16(10-17-11-16)20-9-14(19)18-15(12-5-2-3-6-12)13-7-4-8-21-13/h4,7-8,12,15,17H,2-3,5-6,9-11H2,1H3,(H,18,19). The summed E-state index contributed by atoms with van der Waals surface area (Å²) < 4.78 is 5.74. The summed E-state index contributed by atoms with van der Waals surface area (Å²) in [4.78, 5) is 13.5. The molecule has 1 atom stereocenters. The molecule has 5 heteroatoms. The van der Waals surface area contributed by atoms with Gasteiger partial charge in [0.1, 0.15) is 6.61 Å². The van der Waals surface area contributed by atoms with Crippen LogP contribution in [-0.2, 0) is 9.53 Å². The van der Waals surface area contributed by atoms with Gasteiger partial charge in [-0.3, -0.25) is 4.79 Å². The highest BCUT2D eigenvalue weighted by atomic mass is 32.1. The zero-order valence-corrected chi connectivity index (χ0v) is 13.4. The lowest BCUT2D eigenvalue weighted by Gasteiger charge is -2.39. The van der Waals surface area contributed by atoms with E-state index in [2.05, 4.69) is 28.1 Å². The average Bonchev–Trinajstić information content (AvgIpc) is 3.12. The molecule has 0 aromatic carbocycles. The summed E-state index contributed by atoms with van der Waals surface area (Å²) in [6.45, 7) is 3.87. The number of carbonyl (C=O) groups is 1. The summed E-state index contributed by atoms with van der Waals surface area (Å²) in [5.41, 5.74) is -0.164. The van der Waals surface area contributed by atoms with Gasteiger partial charge in [-0.05, 0) is 37.1 Å². The summed E-state index contributed by atoms with van der Waals surface area (Å²) in [6.07, 6.45) is 4.99. The molecule has 4 nitrogen and oxygen atoms in total. The van der Waals surface area contributed by atoms with Crippen molar-refractivity contribution in [1.82, 2.24) is 10.6 Å². The second kappa shape index (κ2) is 6.46. The van der Waals surface area contributed by atoms with Gasteiger partial charge in [0, 0.05) is 18.0 Å². The molecule has 2 fully saturated rings. The van der Waals surface area contributed by atoms with Crippen LogP contribution in [-0.4, -0.2) is 31.2 Å². The van der Waals surface area contributed by atoms with Crippen molar-refractivity contribution in [1.29, 1.82) is 0 Å². The Labute approximate surface area is 130 Å². The number of nitrogens with one attached hydrogen (secondary N) is 2. The van der Waals surface area contributed by atoms with Crippen LogP contribution in [0, 0.1) is 5.92 Å². The Balaban J connectivity index is 1.57. The van der Waals surface area contributed by atoms with Gasteiger partial charge in [-0.2, -0.15) is 0 Å². The van der Waals surface area contributed by atoms with E-state index in [1.165, 1.54) is 30.6 Å². The lowest BCUT2D eigenvalue weighted by Crippen LogP contribution is -2.59.